The maximum Gasteiger partial charge on any atom is 0.306 e. The molecule has 0 aliphatic carbocycles. The Kier molecular flexibility index (Phi) is 46.0. The summed E-state index contributed by atoms with van der Waals surface area (Å²) in [5.41, 5.74) is 5.52. The lowest BCUT2D eigenvalue weighted by atomic mass is 10.0. The lowest BCUT2D eigenvalue weighted by Crippen LogP contribution is -2.56. The van der Waals surface area contributed by atoms with Gasteiger partial charge >= 0.3 is 11.9 Å². The largest absolute Gasteiger partial charge is 0.462 e. The summed E-state index contributed by atoms with van der Waals surface area (Å²) in [5, 5.41) is 8.21. The van der Waals surface area contributed by atoms with E-state index in [-0.39, 0.29) is 73.8 Å². The van der Waals surface area contributed by atoms with Gasteiger partial charge in [0.05, 0.1) is 0 Å². The van der Waals surface area contributed by atoms with Gasteiger partial charge in [0.15, 0.2) is 0 Å². The molecule has 0 heterocycles. The number of hydrogen-bond acceptors (Lipinski definition) is 10. The number of hydrogen-bond donors (Lipinski definition) is 4. The molecule has 0 bridgehead atoms. The first kappa shape index (κ1) is 66.8. The Hall–Kier alpha value is -3.16. The average Bonchev–Trinajstić information content (AvgIpc) is 3.33. The van der Waals surface area contributed by atoms with Gasteiger partial charge in [0.25, 0.3) is 0 Å². The quantitative estimate of drug-likeness (QED) is 0.0336. The number of nitrogens with one attached hydrogen (secondary N) is 3. The molecular formula is C56H104N4O9S. The molecule has 408 valence electrons. The number of thioether (sulfide) groups is 1. The lowest BCUT2D eigenvalue weighted by Gasteiger charge is -2.24. The van der Waals surface area contributed by atoms with Crippen molar-refractivity contribution in [1.82, 2.24) is 16.0 Å². The van der Waals surface area contributed by atoms with E-state index in [1.807, 2.05) is 0 Å². The molecule has 4 amide bonds. The summed E-state index contributed by atoms with van der Waals surface area (Å²) >= 11 is 1.29. The topological polar surface area (TPSA) is 200 Å². The van der Waals surface area contributed by atoms with Crippen LogP contribution in [0.1, 0.15) is 272 Å². The number of Topliss-reactive ketones (excluding diaryl/α,β-unsaturated/α-hetero) is 1. The summed E-state index contributed by atoms with van der Waals surface area (Å²) in [5.74, 6) is -2.84. The van der Waals surface area contributed by atoms with Gasteiger partial charge in [-0.25, -0.2) is 0 Å². The van der Waals surface area contributed by atoms with E-state index in [1.54, 1.807) is 6.92 Å². The SMILES string of the molecule is CCCCCCCCCCCCCCCC(=O)N[C@@H](CSC[C@@H](COC(=O)CCCCCCCCCCC)OC(=O)CCCCCCCCCCC)C(=O)N[C@@H](CC)C(=O)N[C@H](CCC(C)=O)C(N)=O. The zero-order chi connectivity index (χ0) is 51.9. The lowest BCUT2D eigenvalue weighted by molar-refractivity contribution is -0.157. The van der Waals surface area contributed by atoms with Crippen molar-refractivity contribution in [2.75, 3.05) is 18.1 Å². The first-order chi connectivity index (χ1) is 33.9. The van der Waals surface area contributed by atoms with Crippen LogP contribution in [-0.2, 0) is 43.0 Å². The van der Waals surface area contributed by atoms with Crippen LogP contribution < -0.4 is 21.7 Å². The van der Waals surface area contributed by atoms with Gasteiger partial charge in [-0.05, 0) is 39.0 Å². The maximum atomic E-state index is 13.9. The second kappa shape index (κ2) is 48.1. The van der Waals surface area contributed by atoms with Crippen molar-refractivity contribution < 1.29 is 43.0 Å². The molecule has 13 nitrogen and oxygen atoms in total. The minimum Gasteiger partial charge on any atom is -0.462 e. The molecule has 0 aromatic carbocycles. The van der Waals surface area contributed by atoms with E-state index in [0.29, 0.717) is 19.3 Å². The predicted molar refractivity (Wildman–Crippen MR) is 287 cm³/mol. The summed E-state index contributed by atoms with van der Waals surface area (Å²) < 4.78 is 11.5. The molecule has 14 heteroatoms. The molecule has 0 aromatic rings. The Labute approximate surface area is 430 Å². The molecule has 70 heavy (non-hydrogen) atoms. The minimum atomic E-state index is -1.09. The van der Waals surface area contributed by atoms with Gasteiger partial charge in [-0.3, -0.25) is 28.8 Å². The zero-order valence-electron chi connectivity index (χ0n) is 45.3. The average molecular weight is 1010 g/mol. The number of unbranched alkanes of at least 4 members (excludes halogenated alkanes) is 28. The minimum absolute atomic E-state index is 0.0365. The third kappa shape index (κ3) is 41.5. The molecule has 0 aromatic heterocycles. The van der Waals surface area contributed by atoms with Gasteiger partial charge < -0.3 is 36.0 Å². The van der Waals surface area contributed by atoms with Crippen LogP contribution in [0.15, 0.2) is 0 Å². The van der Waals surface area contributed by atoms with E-state index in [2.05, 4.69) is 36.7 Å². The molecule has 0 rings (SSSR count). The van der Waals surface area contributed by atoms with Crippen molar-refractivity contribution >= 4 is 53.1 Å². The number of carbonyl (C=O) groups is 7. The molecule has 0 aliphatic heterocycles. The van der Waals surface area contributed by atoms with Gasteiger partial charge in [0.2, 0.25) is 23.6 Å². The number of rotatable bonds is 51. The predicted octanol–water partition coefficient (Wildman–Crippen LogP) is 12.2. The van der Waals surface area contributed by atoms with E-state index in [0.717, 1.165) is 64.2 Å². The van der Waals surface area contributed by atoms with Crippen molar-refractivity contribution in [3.05, 3.63) is 0 Å². The molecule has 0 unspecified atom stereocenters. The highest BCUT2D eigenvalue weighted by Crippen LogP contribution is 2.17. The highest BCUT2D eigenvalue weighted by atomic mass is 32.2. The fraction of sp³-hybridized carbons (Fsp3) is 0.875. The van der Waals surface area contributed by atoms with Crippen LogP contribution in [0.4, 0.5) is 0 Å². The van der Waals surface area contributed by atoms with E-state index in [1.165, 1.54) is 141 Å². The van der Waals surface area contributed by atoms with Gasteiger partial charge in [-0.2, -0.15) is 11.8 Å². The third-order valence-corrected chi connectivity index (χ3v) is 14.1. The van der Waals surface area contributed by atoms with Crippen molar-refractivity contribution in [3.63, 3.8) is 0 Å². The maximum absolute atomic E-state index is 13.9. The molecule has 0 spiro atoms. The highest BCUT2D eigenvalue weighted by molar-refractivity contribution is 7.99. The second-order valence-electron chi connectivity index (χ2n) is 19.8. The normalized spacial score (nSPS) is 12.9. The molecule has 0 saturated heterocycles. The standard InChI is InChI=1S/C56H104N4O9S/c1-6-10-13-16-19-22-23-24-25-28-29-32-35-38-51(62)58-50(56(67)59-48(9-4)55(66)60-49(54(57)65)42-41-46(5)61)45-70-44-47(69-53(64)40-37-34-31-27-21-18-15-12-8-3)43-68-52(63)39-36-33-30-26-20-17-14-11-7-2/h47-50H,6-45H2,1-5H3,(H2,57,65)(H,58,62)(H,59,67)(H,60,66)/t47-,48+,49-,50+/m1/s1. The first-order valence-corrected chi connectivity index (χ1v) is 29.6. The monoisotopic (exact) mass is 1010 g/mol. The summed E-state index contributed by atoms with van der Waals surface area (Å²) in [6.07, 6.45) is 35.9. The number of esters is 2. The van der Waals surface area contributed by atoms with E-state index >= 15 is 0 Å². The molecular weight excluding hydrogens is 905 g/mol. The van der Waals surface area contributed by atoms with Crippen LogP contribution in [-0.4, -0.2) is 83.7 Å². The fourth-order valence-electron chi connectivity index (χ4n) is 8.38. The number of primary amides is 1. The molecule has 5 N–H and O–H groups in total. The second-order valence-corrected chi connectivity index (χ2v) is 20.9. The van der Waals surface area contributed by atoms with Gasteiger partial charge in [0, 0.05) is 37.2 Å². The Morgan fingerprint density at radius 3 is 1.24 bits per heavy atom. The summed E-state index contributed by atoms with van der Waals surface area (Å²) in [6.45, 7) is 9.64. The Morgan fingerprint density at radius 2 is 0.829 bits per heavy atom. The van der Waals surface area contributed by atoms with Crippen molar-refractivity contribution in [1.29, 1.82) is 0 Å². The Morgan fingerprint density at radius 1 is 0.443 bits per heavy atom. The van der Waals surface area contributed by atoms with E-state index in [4.69, 9.17) is 15.2 Å². The number of nitrogens with two attached hydrogens (primary N) is 1. The number of ketones is 1. The zero-order valence-corrected chi connectivity index (χ0v) is 46.1. The smallest absolute Gasteiger partial charge is 0.306 e. The van der Waals surface area contributed by atoms with E-state index < -0.39 is 42.0 Å². The fourth-order valence-corrected chi connectivity index (χ4v) is 9.41. The number of ether oxygens (including phenoxy) is 2. The molecule has 0 fully saturated rings. The molecule has 4 atom stereocenters. The van der Waals surface area contributed by atoms with E-state index in [9.17, 15) is 33.6 Å². The van der Waals surface area contributed by atoms with Gasteiger partial charge in [-0.1, -0.05) is 207 Å². The Balaban J connectivity index is 5.66. The van der Waals surface area contributed by atoms with Crippen LogP contribution in [0.3, 0.4) is 0 Å². The van der Waals surface area contributed by atoms with Crippen LogP contribution in [0.2, 0.25) is 0 Å². The molecule has 0 saturated carbocycles. The van der Waals surface area contributed by atoms with Crippen LogP contribution in [0, 0.1) is 0 Å². The van der Waals surface area contributed by atoms with Crippen LogP contribution >= 0.6 is 11.8 Å². The Bertz CT molecular complexity index is 1370. The third-order valence-electron chi connectivity index (χ3n) is 12.9. The van der Waals surface area contributed by atoms with Gasteiger partial charge in [-0.15, -0.1) is 0 Å². The molecule has 0 radical (unpaired) electrons. The summed E-state index contributed by atoms with van der Waals surface area (Å²) in [7, 11) is 0. The highest BCUT2D eigenvalue weighted by Gasteiger charge is 2.29. The van der Waals surface area contributed by atoms with Crippen LogP contribution in [0.5, 0.6) is 0 Å². The van der Waals surface area contributed by atoms with Gasteiger partial charge in [0.1, 0.15) is 36.6 Å². The first-order valence-electron chi connectivity index (χ1n) is 28.5. The summed E-state index contributed by atoms with van der Waals surface area (Å²) in [6, 6.07) is -3.18. The van der Waals surface area contributed by atoms with Crippen molar-refractivity contribution in [2.24, 2.45) is 5.73 Å². The van der Waals surface area contributed by atoms with Crippen LogP contribution in [0.25, 0.3) is 0 Å². The van der Waals surface area contributed by atoms with Crippen molar-refractivity contribution in [3.8, 4) is 0 Å². The van der Waals surface area contributed by atoms with Crippen molar-refractivity contribution in [2.45, 2.75) is 296 Å². The summed E-state index contributed by atoms with van der Waals surface area (Å²) in [4.78, 5) is 90.2. The molecule has 0 aliphatic rings. The number of carbonyl (C=O) groups excluding carboxylic acids is 7. The number of amides is 4.